The summed E-state index contributed by atoms with van der Waals surface area (Å²) in [6.45, 7) is 3.30. The summed E-state index contributed by atoms with van der Waals surface area (Å²) in [6, 6.07) is -0.843. The van der Waals surface area contributed by atoms with Gasteiger partial charge in [0.15, 0.2) is 0 Å². The highest BCUT2D eigenvalue weighted by Crippen LogP contribution is 1.87. The number of rotatable bonds is 3. The van der Waals surface area contributed by atoms with E-state index in [1.807, 2.05) is 0 Å². The average Bonchev–Trinajstić information content (AvgIpc) is 1.81. The molecular formula is C5H7NO2S2. The number of aliphatic carboxylic acids is 1. The number of carboxylic acid groups (broad SMARTS) is 1. The highest BCUT2D eigenvalue weighted by atomic mass is 32.1. The van der Waals surface area contributed by atoms with Gasteiger partial charge in [0.05, 0.1) is 0 Å². The van der Waals surface area contributed by atoms with E-state index >= 15 is 0 Å². The van der Waals surface area contributed by atoms with Crippen molar-refractivity contribution in [3.05, 3.63) is 12.7 Å². The summed E-state index contributed by atoms with van der Waals surface area (Å²) >= 11 is 8.19. The first-order chi connectivity index (χ1) is 4.57. The van der Waals surface area contributed by atoms with Crippen LogP contribution in [0.3, 0.4) is 0 Å². The van der Waals surface area contributed by atoms with Gasteiger partial charge in [0.2, 0.25) is 0 Å². The Morgan fingerprint density at radius 2 is 2.40 bits per heavy atom. The van der Waals surface area contributed by atoms with Crippen LogP contribution in [0.5, 0.6) is 0 Å². The number of thiol groups is 1. The van der Waals surface area contributed by atoms with Gasteiger partial charge in [0.1, 0.15) is 10.4 Å². The second kappa shape index (κ2) is 4.29. The van der Waals surface area contributed by atoms with E-state index in [0.29, 0.717) is 0 Å². The van der Waals surface area contributed by atoms with Crippen LogP contribution in [0.2, 0.25) is 0 Å². The first kappa shape index (κ1) is 9.45. The molecule has 1 unspecified atom stereocenters. The molecule has 0 aromatic carbocycles. The number of carboxylic acids is 1. The maximum absolute atomic E-state index is 10.2. The summed E-state index contributed by atoms with van der Waals surface area (Å²) in [5, 5.41) is 10.8. The Balaban J connectivity index is 3.96. The molecule has 10 heavy (non-hydrogen) atoms. The van der Waals surface area contributed by atoms with E-state index in [2.05, 4.69) is 36.7 Å². The van der Waals surface area contributed by atoms with Crippen LogP contribution in [0.25, 0.3) is 0 Å². The molecule has 0 aliphatic rings. The minimum absolute atomic E-state index is 0.146. The molecule has 0 saturated heterocycles. The molecular weight excluding hydrogens is 170 g/mol. The molecule has 0 saturated carbocycles. The smallest absolute Gasteiger partial charge is 0.330 e. The number of hydrogen-bond donors (Lipinski definition) is 3. The highest BCUT2D eigenvalue weighted by Gasteiger charge is 2.11. The van der Waals surface area contributed by atoms with E-state index in [-0.39, 0.29) is 4.32 Å². The fourth-order valence-corrected chi connectivity index (χ4v) is 0.621. The molecule has 0 aromatic heterocycles. The quantitative estimate of drug-likeness (QED) is 0.332. The zero-order valence-electron chi connectivity index (χ0n) is 5.07. The van der Waals surface area contributed by atoms with E-state index in [1.54, 1.807) is 0 Å². The van der Waals surface area contributed by atoms with Gasteiger partial charge in [0, 0.05) is 0 Å². The fraction of sp³-hybridized carbons (Fsp3) is 0.200. The molecule has 0 fully saturated rings. The third kappa shape index (κ3) is 3.47. The molecule has 0 amide bonds. The van der Waals surface area contributed by atoms with Crippen molar-refractivity contribution in [2.45, 2.75) is 6.04 Å². The van der Waals surface area contributed by atoms with Gasteiger partial charge in [-0.2, -0.15) is 0 Å². The van der Waals surface area contributed by atoms with E-state index in [1.165, 1.54) is 6.08 Å². The minimum Gasteiger partial charge on any atom is -0.479 e. The molecule has 2 N–H and O–H groups in total. The van der Waals surface area contributed by atoms with Crippen LogP contribution < -0.4 is 5.32 Å². The summed E-state index contributed by atoms with van der Waals surface area (Å²) < 4.78 is 0.146. The molecule has 5 heteroatoms. The Kier molecular flexibility index (Phi) is 4.06. The summed E-state index contributed by atoms with van der Waals surface area (Å²) in [5.41, 5.74) is 0. The molecule has 0 aliphatic heterocycles. The van der Waals surface area contributed by atoms with Crippen molar-refractivity contribution in [3.8, 4) is 0 Å². The molecule has 0 aromatic rings. The predicted octanol–water partition coefficient (Wildman–Crippen LogP) is 0.430. The summed E-state index contributed by atoms with van der Waals surface area (Å²) in [7, 11) is 0. The Bertz CT molecular complexity index is 169. The first-order valence-electron chi connectivity index (χ1n) is 2.42. The normalized spacial score (nSPS) is 11.7. The second-order valence-electron chi connectivity index (χ2n) is 1.50. The van der Waals surface area contributed by atoms with Gasteiger partial charge in [-0.15, -0.1) is 19.2 Å². The van der Waals surface area contributed by atoms with Crippen molar-refractivity contribution < 1.29 is 9.90 Å². The monoisotopic (exact) mass is 177 g/mol. The van der Waals surface area contributed by atoms with Gasteiger partial charge < -0.3 is 10.4 Å². The van der Waals surface area contributed by atoms with E-state index in [0.717, 1.165) is 0 Å². The van der Waals surface area contributed by atoms with Gasteiger partial charge >= 0.3 is 5.97 Å². The third-order valence-corrected chi connectivity index (χ3v) is 1.03. The fourth-order valence-electron chi connectivity index (χ4n) is 0.355. The standard InChI is InChI=1S/C5H7NO2S2/c1-2-3(4(7)8)6-5(9)10/h2-3H,1H2,(H,7,8)(H2,6,9,10). The Hall–Kier alpha value is -0.550. The van der Waals surface area contributed by atoms with Crippen LogP contribution in [0.1, 0.15) is 0 Å². The first-order valence-corrected chi connectivity index (χ1v) is 3.28. The summed E-state index contributed by atoms with van der Waals surface area (Å²) in [5.74, 6) is -1.02. The van der Waals surface area contributed by atoms with E-state index in [4.69, 9.17) is 5.11 Å². The van der Waals surface area contributed by atoms with Crippen molar-refractivity contribution in [1.29, 1.82) is 0 Å². The molecule has 0 radical (unpaired) electrons. The lowest BCUT2D eigenvalue weighted by Crippen LogP contribution is -2.36. The average molecular weight is 177 g/mol. The largest absolute Gasteiger partial charge is 0.479 e. The molecule has 0 heterocycles. The van der Waals surface area contributed by atoms with Crippen molar-refractivity contribution in [2.75, 3.05) is 0 Å². The lowest BCUT2D eigenvalue weighted by atomic mass is 10.3. The zero-order valence-corrected chi connectivity index (χ0v) is 6.78. The number of nitrogens with one attached hydrogen (secondary N) is 1. The van der Waals surface area contributed by atoms with Crippen molar-refractivity contribution in [1.82, 2.24) is 5.32 Å². The van der Waals surface area contributed by atoms with Gasteiger partial charge in [0.25, 0.3) is 0 Å². The Morgan fingerprint density at radius 1 is 1.90 bits per heavy atom. The van der Waals surface area contributed by atoms with Crippen LogP contribution in [0.4, 0.5) is 0 Å². The number of carbonyl (C=O) groups is 1. The molecule has 3 nitrogen and oxygen atoms in total. The summed E-state index contributed by atoms with van der Waals surface area (Å²) in [4.78, 5) is 10.2. The van der Waals surface area contributed by atoms with E-state index in [9.17, 15) is 4.79 Å². The molecule has 1 atom stereocenters. The molecule has 0 rings (SSSR count). The van der Waals surface area contributed by atoms with E-state index < -0.39 is 12.0 Å². The third-order valence-electron chi connectivity index (χ3n) is 0.781. The van der Waals surface area contributed by atoms with Crippen LogP contribution in [0.15, 0.2) is 12.7 Å². The number of thiocarbonyl (C=S) groups is 1. The maximum Gasteiger partial charge on any atom is 0.330 e. The Morgan fingerprint density at radius 3 is 2.50 bits per heavy atom. The SMILES string of the molecule is C=CC(NC(=S)S)C(=O)O. The van der Waals surface area contributed by atoms with Crippen LogP contribution in [0, 0.1) is 0 Å². The van der Waals surface area contributed by atoms with Gasteiger partial charge in [-0.25, -0.2) is 4.79 Å². The predicted molar refractivity (Wildman–Crippen MR) is 46.3 cm³/mol. The van der Waals surface area contributed by atoms with Crippen LogP contribution >= 0.6 is 24.8 Å². The van der Waals surface area contributed by atoms with Crippen LogP contribution in [-0.4, -0.2) is 21.4 Å². The lowest BCUT2D eigenvalue weighted by Gasteiger charge is -2.07. The van der Waals surface area contributed by atoms with Gasteiger partial charge in [-0.1, -0.05) is 18.3 Å². The summed E-state index contributed by atoms with van der Waals surface area (Å²) in [6.07, 6.45) is 1.24. The van der Waals surface area contributed by atoms with Crippen molar-refractivity contribution >= 4 is 35.1 Å². The molecule has 0 bridgehead atoms. The topological polar surface area (TPSA) is 49.3 Å². The van der Waals surface area contributed by atoms with Crippen molar-refractivity contribution in [2.24, 2.45) is 0 Å². The second-order valence-corrected chi connectivity index (χ2v) is 2.66. The lowest BCUT2D eigenvalue weighted by molar-refractivity contribution is -0.137. The van der Waals surface area contributed by atoms with Crippen molar-refractivity contribution in [3.63, 3.8) is 0 Å². The molecule has 0 aliphatic carbocycles. The molecule has 56 valence electrons. The zero-order chi connectivity index (χ0) is 8.15. The van der Waals surface area contributed by atoms with Gasteiger partial charge in [-0.3, -0.25) is 0 Å². The molecule has 0 spiro atoms. The highest BCUT2D eigenvalue weighted by molar-refractivity contribution is 8.11. The Labute approximate surface area is 69.5 Å². The minimum atomic E-state index is -1.02. The maximum atomic E-state index is 10.2. The number of hydrogen-bond acceptors (Lipinski definition) is 2. The van der Waals surface area contributed by atoms with Gasteiger partial charge in [-0.05, 0) is 0 Å². The van der Waals surface area contributed by atoms with Crippen LogP contribution in [-0.2, 0) is 4.79 Å².